The van der Waals surface area contributed by atoms with E-state index < -0.39 is 29.0 Å². The summed E-state index contributed by atoms with van der Waals surface area (Å²) < 4.78 is 52.5. The quantitative estimate of drug-likeness (QED) is 0.475. The predicted molar refractivity (Wildman–Crippen MR) is 56.7 cm³/mol. The first kappa shape index (κ1) is 12.0. The lowest BCUT2D eigenvalue weighted by Crippen LogP contribution is -2.21. The Hall–Kier alpha value is -1.52. The fourth-order valence-electron chi connectivity index (χ4n) is 1.82. The average molecular weight is 245 g/mol. The van der Waals surface area contributed by atoms with Gasteiger partial charge in [-0.25, -0.2) is 17.6 Å². The first-order valence-corrected chi connectivity index (χ1v) is 5.36. The van der Waals surface area contributed by atoms with Crippen LogP contribution in [0, 0.1) is 23.3 Å². The Labute approximate surface area is 96.1 Å². The van der Waals surface area contributed by atoms with Crippen LogP contribution in [0.4, 0.5) is 23.2 Å². The maximum absolute atomic E-state index is 13.3. The molecular formula is C12H11F4N. The Morgan fingerprint density at radius 2 is 1.71 bits per heavy atom. The van der Waals surface area contributed by atoms with Gasteiger partial charge >= 0.3 is 0 Å². The summed E-state index contributed by atoms with van der Waals surface area (Å²) in [6.07, 6.45) is 6.06. The third kappa shape index (κ3) is 2.43. The van der Waals surface area contributed by atoms with Gasteiger partial charge in [0, 0.05) is 12.1 Å². The summed E-state index contributed by atoms with van der Waals surface area (Å²) >= 11 is 0. The standard InChI is InChI=1S/C12H11F4N/c13-8-6-9(14)11(16)12(10(8)15)17-7-4-2-1-3-5-7/h2,4,6-7,17H,1,3,5H2. The third-order valence-corrected chi connectivity index (χ3v) is 2.70. The molecule has 92 valence electrons. The van der Waals surface area contributed by atoms with Crippen molar-refractivity contribution in [1.82, 2.24) is 0 Å². The van der Waals surface area contributed by atoms with Crippen LogP contribution >= 0.6 is 0 Å². The number of anilines is 1. The predicted octanol–water partition coefficient (Wildman–Crippen LogP) is 3.76. The highest BCUT2D eigenvalue weighted by molar-refractivity contribution is 5.49. The van der Waals surface area contributed by atoms with E-state index in [2.05, 4.69) is 5.32 Å². The van der Waals surface area contributed by atoms with E-state index in [-0.39, 0.29) is 12.1 Å². The first-order valence-electron chi connectivity index (χ1n) is 5.36. The van der Waals surface area contributed by atoms with Crippen LogP contribution in [0.5, 0.6) is 0 Å². The SMILES string of the molecule is Fc1cc(F)c(F)c(NC2C=CCCC2)c1F. The van der Waals surface area contributed by atoms with E-state index in [1.807, 2.05) is 6.08 Å². The van der Waals surface area contributed by atoms with E-state index in [9.17, 15) is 17.6 Å². The first-order chi connectivity index (χ1) is 8.09. The largest absolute Gasteiger partial charge is 0.374 e. The molecule has 0 amide bonds. The van der Waals surface area contributed by atoms with Crippen molar-refractivity contribution >= 4 is 5.69 Å². The van der Waals surface area contributed by atoms with Crippen LogP contribution in [0.1, 0.15) is 19.3 Å². The Bertz CT molecular complexity index is 430. The number of halogens is 4. The second kappa shape index (κ2) is 4.77. The van der Waals surface area contributed by atoms with Gasteiger partial charge in [-0.2, -0.15) is 0 Å². The number of hydrogen-bond acceptors (Lipinski definition) is 1. The normalized spacial score (nSPS) is 19.4. The van der Waals surface area contributed by atoms with Crippen molar-refractivity contribution < 1.29 is 17.6 Å². The van der Waals surface area contributed by atoms with E-state index >= 15 is 0 Å². The van der Waals surface area contributed by atoms with Crippen LogP contribution in [0.25, 0.3) is 0 Å². The lowest BCUT2D eigenvalue weighted by atomic mass is 10.0. The number of allylic oxidation sites excluding steroid dienone is 1. The van der Waals surface area contributed by atoms with Gasteiger partial charge in [0.2, 0.25) is 0 Å². The van der Waals surface area contributed by atoms with Crippen LogP contribution in [-0.2, 0) is 0 Å². The highest BCUT2D eigenvalue weighted by Gasteiger charge is 2.21. The van der Waals surface area contributed by atoms with Gasteiger partial charge in [-0.3, -0.25) is 0 Å². The Morgan fingerprint density at radius 1 is 1.06 bits per heavy atom. The molecule has 0 saturated heterocycles. The maximum Gasteiger partial charge on any atom is 0.185 e. The van der Waals surface area contributed by atoms with Gasteiger partial charge < -0.3 is 5.32 Å². The third-order valence-electron chi connectivity index (χ3n) is 2.70. The minimum atomic E-state index is -1.40. The molecule has 1 aromatic rings. The van der Waals surface area contributed by atoms with Gasteiger partial charge in [0.05, 0.1) is 0 Å². The molecule has 1 aliphatic carbocycles. The van der Waals surface area contributed by atoms with E-state index in [4.69, 9.17) is 0 Å². The van der Waals surface area contributed by atoms with Crippen molar-refractivity contribution in [3.05, 3.63) is 41.5 Å². The number of nitrogens with one attached hydrogen (secondary N) is 1. The molecule has 1 aromatic carbocycles. The van der Waals surface area contributed by atoms with E-state index in [1.165, 1.54) is 0 Å². The van der Waals surface area contributed by atoms with Crippen LogP contribution in [0.3, 0.4) is 0 Å². The van der Waals surface area contributed by atoms with E-state index in [0.717, 1.165) is 12.8 Å². The van der Waals surface area contributed by atoms with Gasteiger partial charge in [-0.15, -0.1) is 0 Å². The molecule has 0 bridgehead atoms. The number of hydrogen-bond donors (Lipinski definition) is 1. The summed E-state index contributed by atoms with van der Waals surface area (Å²) in [5.74, 6) is -5.57. The van der Waals surface area contributed by atoms with Gasteiger partial charge in [0.15, 0.2) is 23.3 Å². The van der Waals surface area contributed by atoms with Gasteiger partial charge in [0.25, 0.3) is 0 Å². The number of benzene rings is 1. The van der Waals surface area contributed by atoms with Crippen molar-refractivity contribution in [2.75, 3.05) is 5.32 Å². The fraction of sp³-hybridized carbons (Fsp3) is 0.333. The minimum Gasteiger partial charge on any atom is -0.374 e. The molecule has 0 spiro atoms. The smallest absolute Gasteiger partial charge is 0.185 e. The molecular weight excluding hydrogens is 234 g/mol. The summed E-state index contributed by atoms with van der Waals surface area (Å²) in [5.41, 5.74) is -0.737. The lowest BCUT2D eigenvalue weighted by molar-refractivity contribution is 0.456. The van der Waals surface area contributed by atoms with Crippen LogP contribution < -0.4 is 5.32 Å². The molecule has 0 aliphatic heterocycles. The van der Waals surface area contributed by atoms with Crippen LogP contribution in [0.15, 0.2) is 18.2 Å². The van der Waals surface area contributed by atoms with Gasteiger partial charge in [-0.1, -0.05) is 12.2 Å². The molecule has 1 nitrogen and oxygen atoms in total. The van der Waals surface area contributed by atoms with Crippen LogP contribution in [-0.4, -0.2) is 6.04 Å². The highest BCUT2D eigenvalue weighted by Crippen LogP contribution is 2.26. The Balaban J connectivity index is 2.31. The molecule has 1 unspecified atom stereocenters. The molecule has 5 heteroatoms. The zero-order chi connectivity index (χ0) is 12.4. The Kier molecular flexibility index (Phi) is 3.36. The lowest BCUT2D eigenvalue weighted by Gasteiger charge is -2.20. The monoisotopic (exact) mass is 245 g/mol. The molecule has 0 heterocycles. The summed E-state index contributed by atoms with van der Waals surface area (Å²) in [5, 5.41) is 2.48. The molecule has 2 rings (SSSR count). The molecule has 0 saturated carbocycles. The summed E-state index contributed by atoms with van der Waals surface area (Å²) in [7, 11) is 0. The summed E-state index contributed by atoms with van der Waals surface area (Å²) in [4.78, 5) is 0. The van der Waals surface area contributed by atoms with E-state index in [0.29, 0.717) is 6.42 Å². The van der Waals surface area contributed by atoms with Crippen molar-refractivity contribution in [2.24, 2.45) is 0 Å². The van der Waals surface area contributed by atoms with E-state index in [1.54, 1.807) is 6.08 Å². The molecule has 1 aliphatic rings. The molecule has 1 atom stereocenters. The maximum atomic E-state index is 13.3. The molecule has 0 aromatic heterocycles. The second-order valence-electron chi connectivity index (χ2n) is 3.95. The van der Waals surface area contributed by atoms with Crippen molar-refractivity contribution in [2.45, 2.75) is 25.3 Å². The second-order valence-corrected chi connectivity index (χ2v) is 3.95. The summed E-state index contributed by atoms with van der Waals surface area (Å²) in [6, 6.07) is -0.0963. The zero-order valence-electron chi connectivity index (χ0n) is 8.94. The van der Waals surface area contributed by atoms with Crippen molar-refractivity contribution in [1.29, 1.82) is 0 Å². The zero-order valence-corrected chi connectivity index (χ0v) is 8.94. The number of rotatable bonds is 2. The fourth-order valence-corrected chi connectivity index (χ4v) is 1.82. The van der Waals surface area contributed by atoms with Crippen LogP contribution in [0.2, 0.25) is 0 Å². The molecule has 1 N–H and O–H groups in total. The van der Waals surface area contributed by atoms with Gasteiger partial charge in [0.1, 0.15) is 5.69 Å². The molecule has 0 fully saturated rings. The average Bonchev–Trinajstić information content (AvgIpc) is 2.33. The molecule has 17 heavy (non-hydrogen) atoms. The summed E-state index contributed by atoms with van der Waals surface area (Å²) in [6.45, 7) is 0. The topological polar surface area (TPSA) is 12.0 Å². The Morgan fingerprint density at radius 3 is 2.24 bits per heavy atom. The van der Waals surface area contributed by atoms with Crippen molar-refractivity contribution in [3.8, 4) is 0 Å². The molecule has 0 radical (unpaired) electrons. The van der Waals surface area contributed by atoms with Gasteiger partial charge in [-0.05, 0) is 19.3 Å². The highest BCUT2D eigenvalue weighted by atomic mass is 19.2. The van der Waals surface area contributed by atoms with Crippen molar-refractivity contribution in [3.63, 3.8) is 0 Å². The minimum absolute atomic E-state index is 0.201.